The van der Waals surface area contributed by atoms with Crippen LogP contribution in [0.3, 0.4) is 0 Å². The lowest BCUT2D eigenvalue weighted by molar-refractivity contribution is -0.169. The second kappa shape index (κ2) is 15.7. The fourth-order valence-corrected chi connectivity index (χ4v) is 8.22. The summed E-state index contributed by atoms with van der Waals surface area (Å²) in [7, 11) is 0. The van der Waals surface area contributed by atoms with E-state index >= 15 is 0 Å². The lowest BCUT2D eigenvalue weighted by Crippen LogP contribution is -2.53. The van der Waals surface area contributed by atoms with Gasteiger partial charge in [0.05, 0.1) is 12.0 Å². The summed E-state index contributed by atoms with van der Waals surface area (Å²) >= 11 is 0. The second-order valence-corrected chi connectivity index (χ2v) is 14.0. The Hall–Kier alpha value is -1.05. The highest BCUT2D eigenvalue weighted by molar-refractivity contribution is 5.77. The summed E-state index contributed by atoms with van der Waals surface area (Å²) < 4.78 is 6.00. The first-order chi connectivity index (χ1) is 18.3. The van der Waals surface area contributed by atoms with Gasteiger partial charge in [0.15, 0.2) is 0 Å². The Kier molecular flexibility index (Phi) is 13.0. The maximum atomic E-state index is 13.5. The van der Waals surface area contributed by atoms with Gasteiger partial charge in [0.2, 0.25) is 0 Å². The van der Waals surface area contributed by atoms with Gasteiger partial charge < -0.3 is 4.74 Å². The van der Waals surface area contributed by atoms with Crippen LogP contribution in [0.5, 0.6) is 0 Å². The van der Waals surface area contributed by atoms with Crippen molar-refractivity contribution >= 4 is 5.97 Å². The van der Waals surface area contributed by atoms with Crippen LogP contribution in [0, 0.1) is 28.6 Å². The van der Waals surface area contributed by atoms with Gasteiger partial charge in [-0.2, -0.15) is 0 Å². The van der Waals surface area contributed by atoms with Crippen molar-refractivity contribution in [1.82, 2.24) is 0 Å². The Morgan fingerprint density at radius 1 is 0.895 bits per heavy atom. The summed E-state index contributed by atoms with van der Waals surface area (Å²) in [5, 5.41) is 0. The largest absolute Gasteiger partial charge is 0.465 e. The Balaban J connectivity index is 1.33. The average molecular weight is 527 g/mol. The number of ether oxygens (including phenoxy) is 1. The monoisotopic (exact) mass is 526 g/mol. The van der Waals surface area contributed by atoms with Crippen molar-refractivity contribution in [3.63, 3.8) is 0 Å². The molecule has 3 aliphatic carbocycles. The van der Waals surface area contributed by atoms with Crippen LogP contribution in [0.25, 0.3) is 0 Å². The Labute approximate surface area is 236 Å². The van der Waals surface area contributed by atoms with Crippen molar-refractivity contribution in [2.24, 2.45) is 28.6 Å². The fraction of sp³-hybridized carbons (Fsp3) is 0.861. The van der Waals surface area contributed by atoms with E-state index in [9.17, 15) is 4.79 Å². The topological polar surface area (TPSA) is 26.3 Å². The van der Waals surface area contributed by atoms with Crippen molar-refractivity contribution in [3.05, 3.63) is 23.3 Å². The molecule has 0 bridgehead atoms. The molecule has 3 rings (SSSR count). The molecule has 1 unspecified atom stereocenters. The molecule has 1 saturated carbocycles. The molecule has 1 fully saturated rings. The van der Waals surface area contributed by atoms with E-state index in [1.54, 1.807) is 11.1 Å². The molecule has 4 atom stereocenters. The molecule has 218 valence electrons. The quantitative estimate of drug-likeness (QED) is 0.139. The van der Waals surface area contributed by atoms with Gasteiger partial charge in [0.25, 0.3) is 0 Å². The third-order valence-corrected chi connectivity index (χ3v) is 10.8. The van der Waals surface area contributed by atoms with E-state index in [2.05, 4.69) is 46.8 Å². The van der Waals surface area contributed by atoms with Gasteiger partial charge in [0, 0.05) is 0 Å². The van der Waals surface area contributed by atoms with Crippen LogP contribution in [0.2, 0.25) is 0 Å². The van der Waals surface area contributed by atoms with Crippen LogP contribution < -0.4 is 0 Å². The van der Waals surface area contributed by atoms with E-state index in [0.717, 1.165) is 25.7 Å². The smallest absolute Gasteiger partial charge is 0.312 e. The first-order valence-corrected chi connectivity index (χ1v) is 16.9. The lowest BCUT2D eigenvalue weighted by Gasteiger charge is -2.57. The summed E-state index contributed by atoms with van der Waals surface area (Å²) in [6, 6.07) is 0. The molecule has 0 amide bonds. The summed E-state index contributed by atoms with van der Waals surface area (Å²) in [6.07, 6.45) is 30.9. The van der Waals surface area contributed by atoms with Crippen LogP contribution in [-0.2, 0) is 9.53 Å². The van der Waals surface area contributed by atoms with Gasteiger partial charge in [-0.1, -0.05) is 135 Å². The van der Waals surface area contributed by atoms with Gasteiger partial charge in [-0.25, -0.2) is 0 Å². The number of rotatable bonds is 17. The van der Waals surface area contributed by atoms with E-state index in [4.69, 9.17) is 4.74 Å². The maximum Gasteiger partial charge on any atom is 0.312 e. The van der Waals surface area contributed by atoms with Crippen molar-refractivity contribution in [2.75, 3.05) is 6.61 Å². The summed E-state index contributed by atoms with van der Waals surface area (Å²) in [5.74, 6) is 1.76. The summed E-state index contributed by atoms with van der Waals surface area (Å²) in [6.45, 7) is 12.3. The highest BCUT2D eigenvalue weighted by Gasteiger charge is 2.57. The minimum atomic E-state index is -0.326. The number of hydrogen-bond acceptors (Lipinski definition) is 2. The molecule has 0 saturated heterocycles. The van der Waals surface area contributed by atoms with Crippen LogP contribution in [-0.4, -0.2) is 12.6 Å². The molecule has 0 aromatic heterocycles. The first kappa shape index (κ1) is 31.5. The molecule has 0 aromatic rings. The Bertz CT molecular complexity index is 776. The highest BCUT2D eigenvalue weighted by Crippen LogP contribution is 2.62. The van der Waals surface area contributed by atoms with Gasteiger partial charge >= 0.3 is 5.97 Å². The van der Waals surface area contributed by atoms with E-state index < -0.39 is 0 Å². The average Bonchev–Trinajstić information content (AvgIpc) is 2.90. The Morgan fingerprint density at radius 3 is 2.05 bits per heavy atom. The zero-order valence-corrected chi connectivity index (χ0v) is 26.1. The van der Waals surface area contributed by atoms with E-state index in [0.29, 0.717) is 24.4 Å². The van der Waals surface area contributed by atoms with Gasteiger partial charge in [-0.15, -0.1) is 0 Å². The minimum Gasteiger partial charge on any atom is -0.465 e. The van der Waals surface area contributed by atoms with Crippen LogP contribution in [0.15, 0.2) is 23.3 Å². The Morgan fingerprint density at radius 2 is 1.47 bits per heavy atom. The number of hydrogen-bond donors (Lipinski definition) is 0. The zero-order valence-electron chi connectivity index (χ0n) is 26.1. The fourth-order valence-electron chi connectivity index (χ4n) is 8.22. The van der Waals surface area contributed by atoms with E-state index in [1.165, 1.54) is 103 Å². The molecule has 3 aliphatic rings. The molecule has 2 nitrogen and oxygen atoms in total. The molecule has 2 heteroatoms. The van der Waals surface area contributed by atoms with Crippen molar-refractivity contribution < 1.29 is 9.53 Å². The summed E-state index contributed by atoms with van der Waals surface area (Å²) in [5.41, 5.74) is 3.08. The SMILES string of the molecule is CCCCCCCCCCCCCCCCOC(=O)[C@@]1(C)CCC[C@@]2(C)C1CC=C1C=C(C(C)C)CC[C@H]12. The van der Waals surface area contributed by atoms with Crippen LogP contribution in [0.4, 0.5) is 0 Å². The summed E-state index contributed by atoms with van der Waals surface area (Å²) in [4.78, 5) is 13.5. The number of esters is 1. The van der Waals surface area contributed by atoms with E-state index in [-0.39, 0.29) is 16.8 Å². The third kappa shape index (κ3) is 8.23. The first-order valence-electron chi connectivity index (χ1n) is 16.9. The predicted octanol–water partition coefficient (Wildman–Crippen LogP) is 11.1. The number of carbonyl (C=O) groups excluding carboxylic acids is 1. The third-order valence-electron chi connectivity index (χ3n) is 10.8. The zero-order chi connectivity index (χ0) is 27.4. The number of carbonyl (C=O) groups is 1. The molecular formula is C36H62O2. The van der Waals surface area contributed by atoms with Crippen molar-refractivity contribution in [2.45, 2.75) is 163 Å². The van der Waals surface area contributed by atoms with Crippen molar-refractivity contribution in [3.8, 4) is 0 Å². The highest BCUT2D eigenvalue weighted by atomic mass is 16.5. The van der Waals surface area contributed by atoms with Crippen LogP contribution in [0.1, 0.15) is 163 Å². The molecule has 0 aliphatic heterocycles. The predicted molar refractivity (Wildman–Crippen MR) is 163 cm³/mol. The van der Waals surface area contributed by atoms with Crippen molar-refractivity contribution in [1.29, 1.82) is 0 Å². The van der Waals surface area contributed by atoms with Gasteiger partial charge in [-0.05, 0) is 74.2 Å². The van der Waals surface area contributed by atoms with Gasteiger partial charge in [-0.3, -0.25) is 4.79 Å². The number of unbranched alkanes of at least 4 members (excludes halogenated alkanes) is 13. The molecule has 0 spiro atoms. The maximum absolute atomic E-state index is 13.5. The normalized spacial score (nSPS) is 28.9. The molecular weight excluding hydrogens is 464 g/mol. The molecule has 0 radical (unpaired) electrons. The standard InChI is InChI=1S/C36H62O2/c1-6-7-8-9-10-11-12-13-14-15-16-17-18-19-27-38-34(37)36(5)26-20-25-35(4)32-23-21-30(29(2)3)28-31(32)22-24-33(35)36/h22,28-29,32-33H,6-21,23-27H2,1-5H3/t32-,33?,35-,36+/m1/s1. The number of fused-ring (bicyclic) bond motifs is 3. The molecule has 0 aromatic carbocycles. The molecule has 38 heavy (non-hydrogen) atoms. The lowest BCUT2D eigenvalue weighted by atomic mass is 9.47. The van der Waals surface area contributed by atoms with Gasteiger partial charge in [0.1, 0.15) is 0 Å². The second-order valence-electron chi connectivity index (χ2n) is 14.0. The molecule has 0 N–H and O–H groups in total. The van der Waals surface area contributed by atoms with Crippen LogP contribution >= 0.6 is 0 Å². The van der Waals surface area contributed by atoms with E-state index in [1.807, 2.05) is 0 Å². The minimum absolute atomic E-state index is 0.0918. The number of allylic oxidation sites excluding steroid dienone is 4. The molecule has 0 heterocycles.